The summed E-state index contributed by atoms with van der Waals surface area (Å²) in [6.07, 6.45) is 2.58. The van der Waals surface area contributed by atoms with E-state index in [1.165, 1.54) is 31.6 Å². The molecule has 0 saturated heterocycles. The van der Waals surface area contributed by atoms with Crippen LogP contribution in [0.15, 0.2) is 35.9 Å². The lowest BCUT2D eigenvalue weighted by Crippen LogP contribution is -2.18. The Morgan fingerprint density at radius 2 is 1.93 bits per heavy atom. The molecule has 1 atom stereocenters. The number of hydrogen-bond acceptors (Lipinski definition) is 7. The first-order valence-corrected chi connectivity index (χ1v) is 9.61. The molecule has 1 aliphatic rings. The van der Waals surface area contributed by atoms with E-state index in [2.05, 4.69) is 5.32 Å². The molecule has 1 aliphatic carbocycles. The van der Waals surface area contributed by atoms with Gasteiger partial charge in [0, 0.05) is 4.88 Å². The van der Waals surface area contributed by atoms with Gasteiger partial charge in [-0.15, -0.1) is 11.3 Å². The van der Waals surface area contributed by atoms with Gasteiger partial charge in [0.05, 0.1) is 25.7 Å². The van der Waals surface area contributed by atoms with Crippen molar-refractivity contribution in [3.05, 3.63) is 57.5 Å². The van der Waals surface area contributed by atoms with Crippen molar-refractivity contribution in [1.29, 1.82) is 5.26 Å². The van der Waals surface area contributed by atoms with Crippen LogP contribution in [0.2, 0.25) is 0 Å². The van der Waals surface area contributed by atoms with E-state index >= 15 is 0 Å². The van der Waals surface area contributed by atoms with Gasteiger partial charge >= 0.3 is 11.9 Å². The van der Waals surface area contributed by atoms with Gasteiger partial charge in [-0.25, -0.2) is 4.79 Å². The van der Waals surface area contributed by atoms with Crippen molar-refractivity contribution in [2.75, 3.05) is 19.5 Å². The van der Waals surface area contributed by atoms with Gasteiger partial charge in [0.15, 0.2) is 0 Å². The van der Waals surface area contributed by atoms with Gasteiger partial charge in [-0.05, 0) is 30.0 Å². The predicted octanol–water partition coefficient (Wildman–Crippen LogP) is 3.28. The lowest BCUT2D eigenvalue weighted by atomic mass is 9.99. The molecule has 0 fully saturated rings. The summed E-state index contributed by atoms with van der Waals surface area (Å²) < 4.78 is 9.72. The topological polar surface area (TPSA) is 105 Å². The molecular weight excluding hydrogens is 392 g/mol. The minimum atomic E-state index is -0.654. The minimum Gasteiger partial charge on any atom is -0.469 e. The molecule has 29 heavy (non-hydrogen) atoms. The van der Waals surface area contributed by atoms with E-state index in [9.17, 15) is 19.6 Å². The number of fused-ring (bicyclic) bond motifs is 1. The third-order valence-corrected chi connectivity index (χ3v) is 5.79. The number of esters is 2. The van der Waals surface area contributed by atoms with Crippen LogP contribution in [-0.4, -0.2) is 32.1 Å². The summed E-state index contributed by atoms with van der Waals surface area (Å²) >= 11 is 1.21. The number of carbonyl (C=O) groups excluding carboxylic acids is 3. The highest BCUT2D eigenvalue weighted by Gasteiger charge is 2.38. The fourth-order valence-electron chi connectivity index (χ4n) is 3.27. The number of rotatable bonds is 5. The van der Waals surface area contributed by atoms with Crippen LogP contribution in [0.3, 0.4) is 0 Å². The number of methoxy groups -OCH3 is 2. The second-order valence-corrected chi connectivity index (χ2v) is 7.39. The van der Waals surface area contributed by atoms with Crippen LogP contribution in [0.5, 0.6) is 0 Å². The summed E-state index contributed by atoms with van der Waals surface area (Å²) in [7, 11) is 2.52. The zero-order chi connectivity index (χ0) is 21.0. The van der Waals surface area contributed by atoms with E-state index in [0.717, 1.165) is 4.88 Å². The summed E-state index contributed by atoms with van der Waals surface area (Å²) in [6.45, 7) is 0. The first-order valence-electron chi connectivity index (χ1n) is 8.80. The number of hydrogen-bond donors (Lipinski definition) is 1. The van der Waals surface area contributed by atoms with Crippen LogP contribution in [-0.2, 0) is 25.5 Å². The van der Waals surface area contributed by atoms with E-state index in [4.69, 9.17) is 9.47 Å². The van der Waals surface area contributed by atoms with Gasteiger partial charge in [0.25, 0.3) is 5.91 Å². The number of amides is 1. The molecule has 0 spiro atoms. The molecule has 3 rings (SSSR count). The molecule has 8 heteroatoms. The molecule has 7 nitrogen and oxygen atoms in total. The Morgan fingerprint density at radius 1 is 1.21 bits per heavy atom. The van der Waals surface area contributed by atoms with Crippen LogP contribution in [0.25, 0.3) is 6.08 Å². The quantitative estimate of drug-likeness (QED) is 0.461. The lowest BCUT2D eigenvalue weighted by Gasteiger charge is -2.11. The van der Waals surface area contributed by atoms with Gasteiger partial charge in [0.1, 0.15) is 16.6 Å². The second kappa shape index (κ2) is 8.71. The highest BCUT2D eigenvalue weighted by atomic mass is 32.1. The van der Waals surface area contributed by atoms with Gasteiger partial charge in [0.2, 0.25) is 0 Å². The van der Waals surface area contributed by atoms with E-state index in [1.54, 1.807) is 24.3 Å². The van der Waals surface area contributed by atoms with Gasteiger partial charge in [-0.1, -0.05) is 30.3 Å². The molecule has 1 N–H and O–H groups in total. The fraction of sp³-hybridized carbons (Fsp3) is 0.238. The maximum Gasteiger partial charge on any atom is 0.341 e. The maximum absolute atomic E-state index is 12.7. The minimum absolute atomic E-state index is 0.106. The molecule has 0 saturated carbocycles. The summed E-state index contributed by atoms with van der Waals surface area (Å²) in [6, 6.07) is 10.8. The lowest BCUT2D eigenvalue weighted by molar-refractivity contribution is -0.142. The SMILES string of the molecule is COC(=O)c1c(NC(=O)/C(C#N)=C\c2ccccc2)sc2c1[C@@H](C(=O)OC)CC2. The second-order valence-electron chi connectivity index (χ2n) is 6.28. The first-order chi connectivity index (χ1) is 14.0. The summed E-state index contributed by atoms with van der Waals surface area (Å²) in [4.78, 5) is 38.0. The van der Waals surface area contributed by atoms with Crippen LogP contribution in [0, 0.1) is 11.3 Å². The largest absolute Gasteiger partial charge is 0.469 e. The number of carbonyl (C=O) groups is 3. The van der Waals surface area contributed by atoms with Crippen molar-refractivity contribution in [3.8, 4) is 6.07 Å². The number of nitriles is 1. The van der Waals surface area contributed by atoms with Gasteiger partial charge < -0.3 is 14.8 Å². The molecule has 1 amide bonds. The van der Waals surface area contributed by atoms with Crippen LogP contribution < -0.4 is 5.32 Å². The van der Waals surface area contributed by atoms with Crippen molar-refractivity contribution in [2.24, 2.45) is 0 Å². The van der Waals surface area contributed by atoms with Crippen LogP contribution >= 0.6 is 11.3 Å². The normalized spacial score (nSPS) is 15.2. The Bertz CT molecular complexity index is 1030. The van der Waals surface area contributed by atoms with E-state index in [0.29, 0.717) is 24.0 Å². The molecule has 2 aromatic rings. The average molecular weight is 410 g/mol. The van der Waals surface area contributed by atoms with Crippen molar-refractivity contribution in [2.45, 2.75) is 18.8 Å². The Kier molecular flexibility index (Phi) is 6.10. The zero-order valence-electron chi connectivity index (χ0n) is 15.9. The maximum atomic E-state index is 12.7. The summed E-state index contributed by atoms with van der Waals surface area (Å²) in [5.74, 6) is -2.32. The van der Waals surface area contributed by atoms with Crippen molar-refractivity contribution in [1.82, 2.24) is 0 Å². The monoisotopic (exact) mass is 410 g/mol. The Balaban J connectivity index is 1.96. The summed E-state index contributed by atoms with van der Waals surface area (Å²) in [5.41, 5.74) is 1.28. The fourth-order valence-corrected chi connectivity index (χ4v) is 4.53. The van der Waals surface area contributed by atoms with Gasteiger partial charge in [-0.2, -0.15) is 5.26 Å². The van der Waals surface area contributed by atoms with Crippen molar-refractivity contribution >= 4 is 40.3 Å². The molecule has 148 valence electrons. The summed E-state index contributed by atoms with van der Waals surface area (Å²) in [5, 5.41) is 12.3. The first kappa shape index (κ1) is 20.3. The van der Waals surface area contributed by atoms with Crippen LogP contribution in [0.1, 0.15) is 38.7 Å². The number of thiophene rings is 1. The highest BCUT2D eigenvalue weighted by Crippen LogP contribution is 2.46. The predicted molar refractivity (Wildman–Crippen MR) is 107 cm³/mol. The number of aryl methyl sites for hydroxylation is 1. The molecule has 1 aromatic carbocycles. The number of anilines is 1. The standard InChI is InChI=1S/C21H18N2O5S/c1-27-20(25)14-8-9-15-16(14)17(21(26)28-2)19(29-15)23-18(24)13(11-22)10-12-6-4-3-5-7-12/h3-7,10,14H,8-9H2,1-2H3,(H,23,24)/b13-10-/t14-/m0/s1. The number of nitrogens with zero attached hydrogens (tertiary/aromatic N) is 1. The third-order valence-electron chi connectivity index (χ3n) is 4.61. The van der Waals surface area contributed by atoms with E-state index in [1.807, 2.05) is 12.1 Å². The van der Waals surface area contributed by atoms with E-state index < -0.39 is 23.8 Å². The van der Waals surface area contributed by atoms with Crippen LogP contribution in [0.4, 0.5) is 5.00 Å². The third kappa shape index (κ3) is 4.05. The molecule has 0 radical (unpaired) electrons. The Morgan fingerprint density at radius 3 is 2.55 bits per heavy atom. The molecule has 1 heterocycles. The molecule has 0 unspecified atom stereocenters. The number of benzene rings is 1. The molecule has 1 aromatic heterocycles. The molecule has 0 aliphatic heterocycles. The van der Waals surface area contributed by atoms with Crippen molar-refractivity contribution < 1.29 is 23.9 Å². The number of ether oxygens (including phenoxy) is 2. The highest BCUT2D eigenvalue weighted by molar-refractivity contribution is 7.17. The van der Waals surface area contributed by atoms with Gasteiger partial charge in [-0.3, -0.25) is 9.59 Å². The number of nitrogens with one attached hydrogen (secondary N) is 1. The molecule has 0 bridgehead atoms. The van der Waals surface area contributed by atoms with Crippen molar-refractivity contribution in [3.63, 3.8) is 0 Å². The Labute approximate surface area is 171 Å². The average Bonchev–Trinajstić information content (AvgIpc) is 3.30. The zero-order valence-corrected chi connectivity index (χ0v) is 16.7. The van der Waals surface area contributed by atoms with E-state index in [-0.39, 0.29) is 16.1 Å². The molecular formula is C21H18N2O5S. The Hall–Kier alpha value is -3.44. The smallest absolute Gasteiger partial charge is 0.341 e.